The molecular formula is C14H17FN2O2. The first-order chi connectivity index (χ1) is 9.08. The Labute approximate surface area is 111 Å². The minimum atomic E-state index is -0.816. The third-order valence-electron chi connectivity index (χ3n) is 2.97. The van der Waals surface area contributed by atoms with E-state index in [1.807, 2.05) is 13.1 Å². The Morgan fingerprint density at radius 3 is 2.79 bits per heavy atom. The van der Waals surface area contributed by atoms with E-state index in [4.69, 9.17) is 4.74 Å². The summed E-state index contributed by atoms with van der Waals surface area (Å²) in [7, 11) is 1.87. The number of ether oxygens (including phenoxy) is 1. The Kier molecular flexibility index (Phi) is 4.16. The van der Waals surface area contributed by atoms with E-state index in [1.54, 1.807) is 23.0 Å². The van der Waals surface area contributed by atoms with Crippen LogP contribution in [0.1, 0.15) is 24.3 Å². The van der Waals surface area contributed by atoms with Gasteiger partial charge >= 0.3 is 0 Å². The van der Waals surface area contributed by atoms with Crippen molar-refractivity contribution in [2.45, 2.75) is 19.4 Å². The van der Waals surface area contributed by atoms with Gasteiger partial charge in [-0.2, -0.15) is 5.10 Å². The van der Waals surface area contributed by atoms with Crippen molar-refractivity contribution < 1.29 is 14.2 Å². The fourth-order valence-electron chi connectivity index (χ4n) is 1.86. The van der Waals surface area contributed by atoms with Crippen molar-refractivity contribution in [2.75, 3.05) is 6.61 Å². The molecule has 0 aliphatic heterocycles. The van der Waals surface area contributed by atoms with Gasteiger partial charge in [0.25, 0.3) is 0 Å². The lowest BCUT2D eigenvalue weighted by atomic mass is 10.1. The molecule has 1 aromatic heterocycles. The zero-order valence-corrected chi connectivity index (χ0v) is 11.0. The molecule has 0 saturated carbocycles. The first kappa shape index (κ1) is 13.5. The molecule has 0 saturated heterocycles. The van der Waals surface area contributed by atoms with Gasteiger partial charge in [-0.3, -0.25) is 4.68 Å². The van der Waals surface area contributed by atoms with E-state index < -0.39 is 11.9 Å². The van der Waals surface area contributed by atoms with Crippen LogP contribution in [-0.4, -0.2) is 21.5 Å². The summed E-state index contributed by atoms with van der Waals surface area (Å²) in [6.07, 6.45) is 1.62. The van der Waals surface area contributed by atoms with Crippen molar-refractivity contribution >= 4 is 0 Å². The van der Waals surface area contributed by atoms with Crippen LogP contribution < -0.4 is 4.74 Å². The predicted octanol–water partition coefficient (Wildman–Crippen LogP) is 2.23. The van der Waals surface area contributed by atoms with Crippen molar-refractivity contribution in [1.82, 2.24) is 9.78 Å². The zero-order chi connectivity index (χ0) is 13.8. The molecule has 0 bridgehead atoms. The molecule has 5 heteroatoms. The standard InChI is InChI=1S/C14H17FN2O2/c1-10(18)13-4-3-12(9-14(13)15)19-8-6-11-5-7-16-17(11)2/h3-5,7,9-10,18H,6,8H2,1-2H3. The van der Waals surface area contributed by atoms with Gasteiger partial charge < -0.3 is 9.84 Å². The minimum absolute atomic E-state index is 0.277. The van der Waals surface area contributed by atoms with Crippen LogP contribution in [0.15, 0.2) is 30.5 Å². The van der Waals surface area contributed by atoms with E-state index in [0.29, 0.717) is 18.8 Å². The molecule has 0 aliphatic carbocycles. The SMILES string of the molecule is CC(O)c1ccc(OCCc2ccnn2C)cc1F. The Hall–Kier alpha value is -1.88. The number of hydrogen-bond acceptors (Lipinski definition) is 3. The minimum Gasteiger partial charge on any atom is -0.493 e. The van der Waals surface area contributed by atoms with E-state index >= 15 is 0 Å². The highest BCUT2D eigenvalue weighted by Gasteiger charge is 2.09. The lowest BCUT2D eigenvalue weighted by Gasteiger charge is -2.10. The van der Waals surface area contributed by atoms with E-state index in [1.165, 1.54) is 13.0 Å². The van der Waals surface area contributed by atoms with Crippen molar-refractivity contribution in [3.63, 3.8) is 0 Å². The Morgan fingerprint density at radius 2 is 2.21 bits per heavy atom. The highest BCUT2D eigenvalue weighted by Crippen LogP contribution is 2.21. The van der Waals surface area contributed by atoms with Gasteiger partial charge in [0.1, 0.15) is 11.6 Å². The van der Waals surface area contributed by atoms with Crippen LogP contribution in [0.25, 0.3) is 0 Å². The first-order valence-corrected chi connectivity index (χ1v) is 6.15. The number of aromatic nitrogens is 2. The van der Waals surface area contributed by atoms with Gasteiger partial charge in [0.15, 0.2) is 0 Å². The number of benzene rings is 1. The number of rotatable bonds is 5. The summed E-state index contributed by atoms with van der Waals surface area (Å²) in [5.74, 6) is 0.0112. The Morgan fingerprint density at radius 1 is 1.42 bits per heavy atom. The molecule has 1 heterocycles. The van der Waals surface area contributed by atoms with Crippen LogP contribution in [-0.2, 0) is 13.5 Å². The van der Waals surface area contributed by atoms with Crippen LogP contribution in [0.4, 0.5) is 4.39 Å². The van der Waals surface area contributed by atoms with Gasteiger partial charge in [0.2, 0.25) is 0 Å². The molecule has 1 unspecified atom stereocenters. The van der Waals surface area contributed by atoms with Gasteiger partial charge in [-0.25, -0.2) is 4.39 Å². The quantitative estimate of drug-likeness (QED) is 0.901. The normalized spacial score (nSPS) is 12.4. The van der Waals surface area contributed by atoms with Gasteiger partial charge in [-0.15, -0.1) is 0 Å². The van der Waals surface area contributed by atoms with Crippen molar-refractivity contribution in [1.29, 1.82) is 0 Å². The van der Waals surface area contributed by atoms with Crippen LogP contribution >= 0.6 is 0 Å². The summed E-state index contributed by atoms with van der Waals surface area (Å²) in [4.78, 5) is 0. The van der Waals surface area contributed by atoms with Crippen molar-refractivity contribution in [2.24, 2.45) is 7.05 Å². The zero-order valence-electron chi connectivity index (χ0n) is 11.0. The summed E-state index contributed by atoms with van der Waals surface area (Å²) in [5, 5.41) is 13.4. The molecule has 19 heavy (non-hydrogen) atoms. The first-order valence-electron chi connectivity index (χ1n) is 6.15. The monoisotopic (exact) mass is 264 g/mol. The topological polar surface area (TPSA) is 47.3 Å². The van der Waals surface area contributed by atoms with E-state index in [0.717, 1.165) is 5.69 Å². The lowest BCUT2D eigenvalue weighted by molar-refractivity contribution is 0.194. The maximum Gasteiger partial charge on any atom is 0.132 e. The highest BCUT2D eigenvalue weighted by atomic mass is 19.1. The maximum absolute atomic E-state index is 13.6. The summed E-state index contributed by atoms with van der Waals surface area (Å²) in [5.41, 5.74) is 1.33. The number of halogens is 1. The molecule has 1 atom stereocenters. The third-order valence-corrected chi connectivity index (χ3v) is 2.97. The Balaban J connectivity index is 1.93. The number of nitrogens with zero attached hydrogens (tertiary/aromatic N) is 2. The van der Waals surface area contributed by atoms with Crippen LogP contribution in [0, 0.1) is 5.82 Å². The smallest absolute Gasteiger partial charge is 0.132 e. The molecule has 0 amide bonds. The second kappa shape index (κ2) is 5.84. The molecule has 0 aliphatic rings. The molecular weight excluding hydrogens is 247 g/mol. The second-order valence-corrected chi connectivity index (χ2v) is 4.40. The molecule has 2 rings (SSSR count). The summed E-state index contributed by atoms with van der Waals surface area (Å²) < 4.78 is 20.9. The van der Waals surface area contributed by atoms with Gasteiger partial charge in [-0.1, -0.05) is 0 Å². The fourth-order valence-corrected chi connectivity index (χ4v) is 1.86. The van der Waals surface area contributed by atoms with E-state index in [9.17, 15) is 9.50 Å². The number of hydrogen-bond donors (Lipinski definition) is 1. The van der Waals surface area contributed by atoms with Gasteiger partial charge in [-0.05, 0) is 25.1 Å². The predicted molar refractivity (Wildman–Crippen MR) is 69.4 cm³/mol. The highest BCUT2D eigenvalue weighted by molar-refractivity contribution is 5.30. The van der Waals surface area contributed by atoms with E-state index in [2.05, 4.69) is 5.10 Å². The average molecular weight is 264 g/mol. The van der Waals surface area contributed by atoms with Crippen molar-refractivity contribution in [3.05, 3.63) is 47.5 Å². The fraction of sp³-hybridized carbons (Fsp3) is 0.357. The number of aliphatic hydroxyl groups is 1. The van der Waals surface area contributed by atoms with Crippen LogP contribution in [0.5, 0.6) is 5.75 Å². The maximum atomic E-state index is 13.6. The molecule has 0 radical (unpaired) electrons. The molecule has 1 aromatic carbocycles. The summed E-state index contributed by atoms with van der Waals surface area (Å²) >= 11 is 0. The molecule has 4 nitrogen and oxygen atoms in total. The Bertz CT molecular complexity index is 552. The van der Waals surface area contributed by atoms with Crippen molar-refractivity contribution in [3.8, 4) is 5.75 Å². The second-order valence-electron chi connectivity index (χ2n) is 4.40. The third kappa shape index (κ3) is 3.32. The molecule has 1 N–H and O–H groups in total. The summed E-state index contributed by atoms with van der Waals surface area (Å²) in [6, 6.07) is 6.42. The molecule has 2 aromatic rings. The van der Waals surface area contributed by atoms with Gasteiger partial charge in [0.05, 0.1) is 12.7 Å². The van der Waals surface area contributed by atoms with Gasteiger partial charge in [0, 0.05) is 37.0 Å². The summed E-state index contributed by atoms with van der Waals surface area (Å²) in [6.45, 7) is 1.98. The lowest BCUT2D eigenvalue weighted by Crippen LogP contribution is -2.06. The molecule has 102 valence electrons. The van der Waals surface area contributed by atoms with Crippen LogP contribution in [0.3, 0.4) is 0 Å². The van der Waals surface area contributed by atoms with Crippen LogP contribution in [0.2, 0.25) is 0 Å². The molecule has 0 fully saturated rings. The average Bonchev–Trinajstić information content (AvgIpc) is 2.75. The van der Waals surface area contributed by atoms with E-state index in [-0.39, 0.29) is 5.56 Å². The number of aliphatic hydroxyl groups excluding tert-OH is 1. The molecule has 0 spiro atoms. The largest absolute Gasteiger partial charge is 0.493 e. The number of aryl methyl sites for hydroxylation is 1.